The molecule has 92 valence electrons. The zero-order valence-corrected chi connectivity index (χ0v) is 11.8. The molecular weight excluding hydrogens is 282 g/mol. The standard InChI is InChI=1S/C13H16BrNO2/c1-8(2)11-7-17-13(15-11)9-4-5-12(16-3)10(14)6-9/h4-6,8,11H,7H2,1-3H3/t11-/m0/s1. The van der Waals surface area contributed by atoms with Crippen LogP contribution in [-0.4, -0.2) is 25.7 Å². The third-order valence-corrected chi connectivity index (χ3v) is 3.46. The van der Waals surface area contributed by atoms with Crippen LogP contribution in [0.1, 0.15) is 19.4 Å². The molecule has 1 aliphatic rings. The van der Waals surface area contributed by atoms with Crippen molar-refractivity contribution in [3.8, 4) is 5.75 Å². The molecule has 0 aliphatic carbocycles. The monoisotopic (exact) mass is 297 g/mol. The molecular formula is C13H16BrNO2. The Morgan fingerprint density at radius 3 is 2.76 bits per heavy atom. The second kappa shape index (κ2) is 5.08. The molecule has 0 spiro atoms. The summed E-state index contributed by atoms with van der Waals surface area (Å²) in [5.41, 5.74) is 0.987. The summed E-state index contributed by atoms with van der Waals surface area (Å²) >= 11 is 3.46. The van der Waals surface area contributed by atoms with Crippen molar-refractivity contribution in [1.29, 1.82) is 0 Å². The van der Waals surface area contributed by atoms with Gasteiger partial charge in [-0.2, -0.15) is 0 Å². The van der Waals surface area contributed by atoms with Gasteiger partial charge in [0.25, 0.3) is 0 Å². The Bertz CT molecular complexity index is 443. The highest BCUT2D eigenvalue weighted by Gasteiger charge is 2.23. The van der Waals surface area contributed by atoms with E-state index in [1.54, 1.807) is 7.11 Å². The summed E-state index contributed by atoms with van der Waals surface area (Å²) < 4.78 is 11.7. The van der Waals surface area contributed by atoms with Crippen molar-refractivity contribution in [1.82, 2.24) is 0 Å². The SMILES string of the molecule is COc1ccc(C2=N[C@H](C(C)C)CO2)cc1Br. The largest absolute Gasteiger partial charge is 0.496 e. The maximum Gasteiger partial charge on any atom is 0.216 e. The van der Waals surface area contributed by atoms with Gasteiger partial charge in [0.2, 0.25) is 5.90 Å². The number of hydrogen-bond acceptors (Lipinski definition) is 3. The predicted octanol–water partition coefficient (Wildman–Crippen LogP) is 3.26. The van der Waals surface area contributed by atoms with Crippen molar-refractivity contribution < 1.29 is 9.47 Å². The van der Waals surface area contributed by atoms with Gasteiger partial charge in [0.15, 0.2) is 0 Å². The summed E-state index contributed by atoms with van der Waals surface area (Å²) in [6.07, 6.45) is 0. The average Bonchev–Trinajstić information content (AvgIpc) is 2.78. The molecule has 2 rings (SSSR count). The van der Waals surface area contributed by atoms with Crippen LogP contribution in [0.2, 0.25) is 0 Å². The minimum atomic E-state index is 0.269. The van der Waals surface area contributed by atoms with Gasteiger partial charge in [0.05, 0.1) is 17.6 Å². The van der Waals surface area contributed by atoms with E-state index >= 15 is 0 Å². The summed E-state index contributed by atoms with van der Waals surface area (Å²) in [4.78, 5) is 4.59. The smallest absolute Gasteiger partial charge is 0.216 e. The van der Waals surface area contributed by atoms with Crippen molar-refractivity contribution in [3.63, 3.8) is 0 Å². The number of benzene rings is 1. The highest BCUT2D eigenvalue weighted by atomic mass is 79.9. The Morgan fingerprint density at radius 1 is 1.47 bits per heavy atom. The maximum atomic E-state index is 5.63. The second-order valence-corrected chi connectivity index (χ2v) is 5.26. The van der Waals surface area contributed by atoms with Gasteiger partial charge < -0.3 is 9.47 Å². The summed E-state index contributed by atoms with van der Waals surface area (Å²) in [5.74, 6) is 2.05. The van der Waals surface area contributed by atoms with Crippen LogP contribution in [0.25, 0.3) is 0 Å². The fourth-order valence-corrected chi connectivity index (χ4v) is 2.23. The first-order valence-electron chi connectivity index (χ1n) is 5.66. The fraction of sp³-hybridized carbons (Fsp3) is 0.462. The molecule has 0 amide bonds. The van der Waals surface area contributed by atoms with Crippen LogP contribution in [0, 0.1) is 5.92 Å². The third-order valence-electron chi connectivity index (χ3n) is 2.84. The number of rotatable bonds is 3. The molecule has 0 unspecified atom stereocenters. The zero-order valence-electron chi connectivity index (χ0n) is 10.2. The third kappa shape index (κ3) is 2.63. The number of ether oxygens (including phenoxy) is 2. The van der Waals surface area contributed by atoms with E-state index in [0.29, 0.717) is 12.5 Å². The van der Waals surface area contributed by atoms with Crippen LogP contribution in [0.5, 0.6) is 5.75 Å². The highest BCUT2D eigenvalue weighted by Crippen LogP contribution is 2.27. The number of hydrogen-bond donors (Lipinski definition) is 0. The number of methoxy groups -OCH3 is 1. The van der Waals surface area contributed by atoms with Crippen molar-refractivity contribution in [3.05, 3.63) is 28.2 Å². The van der Waals surface area contributed by atoms with Gasteiger partial charge in [-0.3, -0.25) is 0 Å². The van der Waals surface area contributed by atoms with E-state index in [9.17, 15) is 0 Å². The van der Waals surface area contributed by atoms with E-state index < -0.39 is 0 Å². The van der Waals surface area contributed by atoms with Crippen LogP contribution in [0.3, 0.4) is 0 Å². The molecule has 3 nitrogen and oxygen atoms in total. The molecule has 4 heteroatoms. The topological polar surface area (TPSA) is 30.8 Å². The van der Waals surface area contributed by atoms with Crippen molar-refractivity contribution in [2.24, 2.45) is 10.9 Å². The Kier molecular flexibility index (Phi) is 3.72. The molecule has 1 aromatic carbocycles. The first-order chi connectivity index (χ1) is 8.11. The molecule has 17 heavy (non-hydrogen) atoms. The Labute approximate surface area is 110 Å². The Balaban J connectivity index is 2.24. The molecule has 0 fully saturated rings. The number of nitrogens with zero attached hydrogens (tertiary/aromatic N) is 1. The predicted molar refractivity (Wildman–Crippen MR) is 71.8 cm³/mol. The van der Waals surface area contributed by atoms with Crippen LogP contribution in [-0.2, 0) is 4.74 Å². The van der Waals surface area contributed by atoms with E-state index in [2.05, 4.69) is 34.8 Å². The van der Waals surface area contributed by atoms with Crippen molar-refractivity contribution in [2.75, 3.05) is 13.7 Å². The van der Waals surface area contributed by atoms with E-state index in [1.807, 2.05) is 18.2 Å². The highest BCUT2D eigenvalue weighted by molar-refractivity contribution is 9.10. The van der Waals surface area contributed by atoms with Crippen LogP contribution >= 0.6 is 15.9 Å². The molecule has 0 bridgehead atoms. The van der Waals surface area contributed by atoms with Crippen molar-refractivity contribution in [2.45, 2.75) is 19.9 Å². The second-order valence-electron chi connectivity index (χ2n) is 4.41. The summed E-state index contributed by atoms with van der Waals surface area (Å²) in [6, 6.07) is 6.12. The first kappa shape index (κ1) is 12.4. The molecule has 1 atom stereocenters. The van der Waals surface area contributed by atoms with Crippen molar-refractivity contribution >= 4 is 21.8 Å². The lowest BCUT2D eigenvalue weighted by Crippen LogP contribution is -2.13. The van der Waals surface area contributed by atoms with Gasteiger partial charge in [0.1, 0.15) is 12.4 Å². The van der Waals surface area contributed by atoms with E-state index in [-0.39, 0.29) is 6.04 Å². The van der Waals surface area contributed by atoms with Crippen LogP contribution in [0.15, 0.2) is 27.7 Å². The van der Waals surface area contributed by atoms with Gasteiger partial charge in [-0.05, 0) is 40.0 Å². The lowest BCUT2D eigenvalue weighted by atomic mass is 10.1. The quantitative estimate of drug-likeness (QED) is 0.857. The number of aliphatic imine (C=N–C) groups is 1. The van der Waals surface area contributed by atoms with Crippen LogP contribution in [0.4, 0.5) is 0 Å². The van der Waals surface area contributed by atoms with Gasteiger partial charge >= 0.3 is 0 Å². The maximum absolute atomic E-state index is 5.63. The molecule has 0 saturated heterocycles. The molecule has 1 aromatic rings. The fourth-order valence-electron chi connectivity index (χ4n) is 1.69. The Morgan fingerprint density at radius 2 is 2.24 bits per heavy atom. The first-order valence-corrected chi connectivity index (χ1v) is 6.45. The van der Waals surface area contributed by atoms with Gasteiger partial charge in [0, 0.05) is 5.56 Å². The van der Waals surface area contributed by atoms with Crippen LogP contribution < -0.4 is 4.74 Å². The zero-order chi connectivity index (χ0) is 12.4. The molecule has 1 heterocycles. The minimum absolute atomic E-state index is 0.269. The van der Waals surface area contributed by atoms with E-state index in [4.69, 9.17) is 9.47 Å². The number of halogens is 1. The van der Waals surface area contributed by atoms with Gasteiger partial charge in [-0.1, -0.05) is 13.8 Å². The molecule has 0 saturated carbocycles. The average molecular weight is 298 g/mol. The lowest BCUT2D eigenvalue weighted by molar-refractivity contribution is 0.292. The van der Waals surface area contributed by atoms with Gasteiger partial charge in [-0.15, -0.1) is 0 Å². The Hall–Kier alpha value is -1.03. The lowest BCUT2D eigenvalue weighted by Gasteiger charge is -2.06. The van der Waals surface area contributed by atoms with E-state index in [0.717, 1.165) is 21.7 Å². The molecule has 0 radical (unpaired) electrons. The normalized spacial score (nSPS) is 19.1. The summed E-state index contributed by atoms with van der Waals surface area (Å²) in [6.45, 7) is 4.99. The molecule has 0 N–H and O–H groups in total. The molecule has 1 aliphatic heterocycles. The minimum Gasteiger partial charge on any atom is -0.496 e. The summed E-state index contributed by atoms with van der Waals surface area (Å²) in [5, 5.41) is 0. The molecule has 0 aromatic heterocycles. The van der Waals surface area contributed by atoms with E-state index in [1.165, 1.54) is 0 Å². The van der Waals surface area contributed by atoms with Gasteiger partial charge in [-0.25, -0.2) is 4.99 Å². The summed E-state index contributed by atoms with van der Waals surface area (Å²) in [7, 11) is 1.65.